The smallest absolute Gasteiger partial charge is 0.370 e. The number of hydrogen-bond donors (Lipinski definition) is 0. The maximum Gasteiger partial charge on any atom is 3.00 e. The van der Waals surface area contributed by atoms with E-state index >= 15 is 0 Å². The van der Waals surface area contributed by atoms with Gasteiger partial charge in [0, 0.05) is 6.20 Å². The summed E-state index contributed by atoms with van der Waals surface area (Å²) in [6.07, 6.45) is 6.76. The quantitative estimate of drug-likeness (QED) is 0.134. The summed E-state index contributed by atoms with van der Waals surface area (Å²) in [5, 5.41) is 5.00. The number of pyridine rings is 2. The Hall–Kier alpha value is -4.43. The van der Waals surface area contributed by atoms with Gasteiger partial charge in [0.05, 0.1) is 0 Å². The van der Waals surface area contributed by atoms with Crippen molar-refractivity contribution in [3.05, 3.63) is 158 Å². The van der Waals surface area contributed by atoms with Gasteiger partial charge in [0.1, 0.15) is 0 Å². The normalized spacial score (nSPS) is 11.0. The molecular weight excluding hydrogens is 701 g/mol. The van der Waals surface area contributed by atoms with Gasteiger partial charge < -0.3 is 9.97 Å². The number of fused-ring (bicyclic) bond motifs is 3. The molecule has 0 atom stereocenters. The molecule has 43 heavy (non-hydrogen) atoms. The van der Waals surface area contributed by atoms with Gasteiger partial charge in [0.15, 0.2) is 0 Å². The third-order valence-corrected chi connectivity index (χ3v) is 7.37. The van der Waals surface area contributed by atoms with E-state index in [1.165, 1.54) is 27.1 Å². The molecule has 0 bridgehead atoms. The van der Waals surface area contributed by atoms with Crippen molar-refractivity contribution in [2.45, 2.75) is 26.2 Å². The first-order valence-electron chi connectivity index (χ1n) is 14.2. The molecular formula is C40H31IrN2. The van der Waals surface area contributed by atoms with Crippen LogP contribution >= 0.6 is 0 Å². The van der Waals surface area contributed by atoms with Gasteiger partial charge in [0.2, 0.25) is 0 Å². The van der Waals surface area contributed by atoms with Crippen LogP contribution in [0.5, 0.6) is 0 Å². The van der Waals surface area contributed by atoms with Crippen LogP contribution in [0.2, 0.25) is 0 Å². The Bertz CT molecular complexity index is 1960. The maximum atomic E-state index is 4.39. The molecule has 0 radical (unpaired) electrons. The predicted octanol–water partition coefficient (Wildman–Crippen LogP) is 10.2. The molecule has 2 heterocycles. The van der Waals surface area contributed by atoms with E-state index in [9.17, 15) is 0 Å². The van der Waals surface area contributed by atoms with Crippen molar-refractivity contribution >= 4 is 21.5 Å². The van der Waals surface area contributed by atoms with E-state index in [4.69, 9.17) is 0 Å². The third kappa shape index (κ3) is 6.97. The Kier molecular flexibility index (Phi) is 9.26. The van der Waals surface area contributed by atoms with Crippen LogP contribution < -0.4 is 0 Å². The average molecular weight is 732 g/mol. The molecule has 0 unspecified atom stereocenters. The van der Waals surface area contributed by atoms with Gasteiger partial charge in [-0.2, -0.15) is 24.3 Å². The summed E-state index contributed by atoms with van der Waals surface area (Å²) in [5.41, 5.74) is 7.69. The van der Waals surface area contributed by atoms with Gasteiger partial charge in [-0.3, -0.25) is 0 Å². The number of benzene rings is 5. The minimum absolute atomic E-state index is 0. The number of rotatable bonds is 3. The fraction of sp³-hybridized carbons (Fsp3) is 0.100. The van der Waals surface area contributed by atoms with E-state index in [0.717, 1.165) is 33.5 Å². The Morgan fingerprint density at radius 1 is 0.605 bits per heavy atom. The molecule has 0 saturated heterocycles. The molecule has 0 aliphatic carbocycles. The predicted molar refractivity (Wildman–Crippen MR) is 175 cm³/mol. The molecule has 0 aliphatic rings. The monoisotopic (exact) mass is 732 g/mol. The van der Waals surface area contributed by atoms with Crippen molar-refractivity contribution in [2.75, 3.05) is 0 Å². The second-order valence-corrected chi connectivity index (χ2v) is 11.3. The molecule has 7 rings (SSSR count). The van der Waals surface area contributed by atoms with Crippen molar-refractivity contribution in [3.63, 3.8) is 0 Å². The molecule has 3 heteroatoms. The Labute approximate surface area is 267 Å². The van der Waals surface area contributed by atoms with E-state index in [2.05, 4.69) is 128 Å². The molecule has 2 nitrogen and oxygen atoms in total. The molecule has 210 valence electrons. The fourth-order valence-corrected chi connectivity index (χ4v) is 5.03. The summed E-state index contributed by atoms with van der Waals surface area (Å²) in [7, 11) is 0. The molecule has 0 spiro atoms. The minimum Gasteiger partial charge on any atom is -0.370 e. The van der Waals surface area contributed by atoms with Crippen molar-refractivity contribution in [2.24, 2.45) is 0 Å². The van der Waals surface area contributed by atoms with Crippen LogP contribution in [0.3, 0.4) is 0 Å². The van der Waals surface area contributed by atoms with E-state index in [1.807, 2.05) is 54.9 Å². The summed E-state index contributed by atoms with van der Waals surface area (Å²) in [5.74, 6) is 0. The van der Waals surface area contributed by atoms with E-state index in [-0.39, 0.29) is 25.5 Å². The Morgan fingerprint density at radius 3 is 2.16 bits per heavy atom. The summed E-state index contributed by atoms with van der Waals surface area (Å²) < 4.78 is 0. The van der Waals surface area contributed by atoms with Crippen LogP contribution in [0.1, 0.15) is 26.3 Å². The van der Waals surface area contributed by atoms with Gasteiger partial charge in [-0.05, 0) is 28.1 Å². The summed E-state index contributed by atoms with van der Waals surface area (Å²) in [4.78, 5) is 8.67. The van der Waals surface area contributed by atoms with E-state index in [0.29, 0.717) is 0 Å². The summed E-state index contributed by atoms with van der Waals surface area (Å²) in [6, 6.07) is 48.3. The van der Waals surface area contributed by atoms with Crippen molar-refractivity contribution in [1.29, 1.82) is 0 Å². The van der Waals surface area contributed by atoms with Gasteiger partial charge in [-0.25, -0.2) is 11.1 Å². The zero-order chi connectivity index (χ0) is 28.9. The zero-order valence-electron chi connectivity index (χ0n) is 24.4. The largest absolute Gasteiger partial charge is 3.00 e. The molecule has 0 fully saturated rings. The van der Waals surface area contributed by atoms with Gasteiger partial charge in [0.25, 0.3) is 0 Å². The average Bonchev–Trinajstić information content (AvgIpc) is 3.05. The van der Waals surface area contributed by atoms with Gasteiger partial charge >= 0.3 is 20.1 Å². The maximum absolute atomic E-state index is 4.39. The molecule has 7 aromatic rings. The second kappa shape index (κ2) is 13.3. The number of nitrogens with zero attached hydrogens (tertiary/aromatic N) is 2. The topological polar surface area (TPSA) is 25.8 Å². The number of aromatic nitrogens is 2. The molecule has 2 aromatic heterocycles. The third-order valence-electron chi connectivity index (χ3n) is 7.37. The van der Waals surface area contributed by atoms with Gasteiger partial charge in [-0.15, -0.1) is 40.8 Å². The second-order valence-electron chi connectivity index (χ2n) is 11.3. The fourth-order valence-electron chi connectivity index (χ4n) is 5.03. The minimum atomic E-state index is 0. The van der Waals surface area contributed by atoms with Crippen LogP contribution in [-0.2, 0) is 25.5 Å². The zero-order valence-corrected chi connectivity index (χ0v) is 26.8. The van der Waals surface area contributed by atoms with Crippen molar-refractivity contribution in [3.8, 4) is 33.5 Å². The first-order valence-corrected chi connectivity index (χ1v) is 14.2. The Morgan fingerprint density at radius 2 is 1.37 bits per heavy atom. The standard InChI is InChI=1S/C21H19N.C19H12N.Ir/c1-21(2,3)20-11-7-10-17(13-20)19-12-18(14-22-15-19)16-8-5-4-6-9-16;1-2-6-17-14(5-1)8-9-15-13-16(10-11-18(15)17)19-7-3-4-12-20-19;/h4-9,11-14H,1-3H3;1-9,11-13H;/q-2;-1;+3. The molecule has 0 N–H and O–H groups in total. The summed E-state index contributed by atoms with van der Waals surface area (Å²) >= 11 is 0. The van der Waals surface area contributed by atoms with Crippen LogP contribution in [0, 0.1) is 18.3 Å². The van der Waals surface area contributed by atoms with Crippen LogP contribution in [0.4, 0.5) is 0 Å². The van der Waals surface area contributed by atoms with Crippen LogP contribution in [0.15, 0.2) is 134 Å². The molecule has 0 aliphatic heterocycles. The van der Waals surface area contributed by atoms with Crippen molar-refractivity contribution < 1.29 is 20.1 Å². The first-order chi connectivity index (χ1) is 20.5. The molecule has 0 saturated carbocycles. The first kappa shape index (κ1) is 30.0. The summed E-state index contributed by atoms with van der Waals surface area (Å²) in [6.45, 7) is 6.65. The molecule has 0 amide bonds. The SMILES string of the molecule is CC(C)(C)c1cc[c-]c(-c2[c-]ncc(-c3ccccc3)c2)c1.[Ir+3].[c-]1cc2c(ccc3ccccc32)cc1-c1ccccn1. The van der Waals surface area contributed by atoms with E-state index < -0.39 is 0 Å². The van der Waals surface area contributed by atoms with E-state index in [1.54, 1.807) is 0 Å². The van der Waals surface area contributed by atoms with Crippen LogP contribution in [0.25, 0.3) is 55.1 Å². The molecule has 5 aromatic carbocycles. The van der Waals surface area contributed by atoms with Gasteiger partial charge in [-0.1, -0.05) is 128 Å². The van der Waals surface area contributed by atoms with Crippen LogP contribution in [-0.4, -0.2) is 9.97 Å². The van der Waals surface area contributed by atoms with Crippen molar-refractivity contribution in [1.82, 2.24) is 9.97 Å². The number of hydrogen-bond acceptors (Lipinski definition) is 2. The Balaban J connectivity index is 0.000000168.